The summed E-state index contributed by atoms with van der Waals surface area (Å²) in [6, 6.07) is 13.6. The predicted octanol–water partition coefficient (Wildman–Crippen LogP) is 3.99. The summed E-state index contributed by atoms with van der Waals surface area (Å²) in [6.07, 6.45) is 1.56. The molecule has 1 aliphatic rings. The summed E-state index contributed by atoms with van der Waals surface area (Å²) < 4.78 is 0. The highest BCUT2D eigenvalue weighted by atomic mass is 16.2. The van der Waals surface area contributed by atoms with E-state index >= 15 is 0 Å². The zero-order chi connectivity index (χ0) is 18.8. The molecule has 0 radical (unpaired) electrons. The SMILES string of the molecule is C=CCN1C(=O)C(Nc2ccccc2C)=C(c2ccc(C)cc2C)C1=O. The van der Waals surface area contributed by atoms with Gasteiger partial charge >= 0.3 is 0 Å². The molecule has 2 aromatic rings. The molecule has 0 saturated heterocycles. The highest BCUT2D eigenvalue weighted by Crippen LogP contribution is 2.33. The third kappa shape index (κ3) is 3.06. The third-order valence-corrected chi connectivity index (χ3v) is 4.54. The van der Waals surface area contributed by atoms with E-state index in [-0.39, 0.29) is 18.4 Å². The molecule has 0 unspecified atom stereocenters. The Kier molecular flexibility index (Phi) is 4.76. The average Bonchev–Trinajstić information content (AvgIpc) is 2.82. The Bertz CT molecular complexity index is 941. The molecular weight excluding hydrogens is 324 g/mol. The summed E-state index contributed by atoms with van der Waals surface area (Å²) in [5.74, 6) is -0.619. The maximum atomic E-state index is 13.0. The quantitative estimate of drug-likeness (QED) is 0.658. The smallest absolute Gasteiger partial charge is 0.278 e. The Morgan fingerprint density at radius 2 is 1.73 bits per heavy atom. The molecule has 0 spiro atoms. The van der Waals surface area contributed by atoms with Gasteiger partial charge in [-0.25, -0.2) is 0 Å². The number of para-hydroxylation sites is 1. The molecule has 0 fully saturated rings. The number of hydrogen-bond donors (Lipinski definition) is 1. The summed E-state index contributed by atoms with van der Waals surface area (Å²) in [6.45, 7) is 9.76. The Labute approximate surface area is 153 Å². The van der Waals surface area contributed by atoms with Crippen LogP contribution in [0.3, 0.4) is 0 Å². The molecule has 26 heavy (non-hydrogen) atoms. The van der Waals surface area contributed by atoms with Crippen molar-refractivity contribution in [1.29, 1.82) is 0 Å². The zero-order valence-corrected chi connectivity index (χ0v) is 15.3. The highest BCUT2D eigenvalue weighted by molar-refractivity contribution is 6.36. The van der Waals surface area contributed by atoms with Gasteiger partial charge in [-0.1, -0.05) is 48.0 Å². The van der Waals surface area contributed by atoms with Crippen LogP contribution in [0.25, 0.3) is 5.57 Å². The van der Waals surface area contributed by atoms with Gasteiger partial charge in [-0.3, -0.25) is 14.5 Å². The van der Waals surface area contributed by atoms with Gasteiger partial charge in [0.25, 0.3) is 11.8 Å². The number of nitrogens with zero attached hydrogens (tertiary/aromatic N) is 1. The molecule has 1 heterocycles. The first-order valence-corrected chi connectivity index (χ1v) is 8.55. The number of imide groups is 1. The van der Waals surface area contributed by atoms with Gasteiger partial charge in [0.1, 0.15) is 5.70 Å². The van der Waals surface area contributed by atoms with Gasteiger partial charge in [0.2, 0.25) is 0 Å². The van der Waals surface area contributed by atoms with E-state index in [0.717, 1.165) is 27.9 Å². The van der Waals surface area contributed by atoms with Gasteiger partial charge < -0.3 is 5.32 Å². The van der Waals surface area contributed by atoms with Gasteiger partial charge in [0.15, 0.2) is 0 Å². The van der Waals surface area contributed by atoms with Crippen LogP contribution in [0.2, 0.25) is 0 Å². The lowest BCUT2D eigenvalue weighted by Gasteiger charge is -2.13. The molecule has 2 aromatic carbocycles. The predicted molar refractivity (Wildman–Crippen MR) is 105 cm³/mol. The second-order valence-electron chi connectivity index (χ2n) is 6.52. The van der Waals surface area contributed by atoms with Crippen LogP contribution in [-0.4, -0.2) is 23.3 Å². The van der Waals surface area contributed by atoms with Crippen molar-refractivity contribution in [2.24, 2.45) is 0 Å². The first kappa shape index (κ1) is 17.7. The van der Waals surface area contributed by atoms with Crippen molar-refractivity contribution < 1.29 is 9.59 Å². The molecule has 132 valence electrons. The number of carbonyl (C=O) groups excluding carboxylic acids is 2. The summed E-state index contributed by atoms with van der Waals surface area (Å²) in [5.41, 5.74) is 5.40. The minimum absolute atomic E-state index is 0.186. The van der Waals surface area contributed by atoms with Crippen LogP contribution in [0, 0.1) is 20.8 Å². The number of carbonyl (C=O) groups is 2. The minimum Gasteiger partial charge on any atom is -0.350 e. The number of nitrogens with one attached hydrogen (secondary N) is 1. The Morgan fingerprint density at radius 3 is 2.38 bits per heavy atom. The lowest BCUT2D eigenvalue weighted by atomic mass is 9.97. The Morgan fingerprint density at radius 1 is 1.00 bits per heavy atom. The second kappa shape index (κ2) is 7.00. The highest BCUT2D eigenvalue weighted by Gasteiger charge is 2.39. The topological polar surface area (TPSA) is 49.4 Å². The largest absolute Gasteiger partial charge is 0.350 e. The molecule has 3 rings (SSSR count). The molecule has 0 aliphatic carbocycles. The summed E-state index contributed by atoms with van der Waals surface area (Å²) >= 11 is 0. The van der Waals surface area contributed by atoms with Gasteiger partial charge in [-0.05, 0) is 43.5 Å². The fourth-order valence-corrected chi connectivity index (χ4v) is 3.18. The summed E-state index contributed by atoms with van der Waals surface area (Å²) in [4.78, 5) is 27.1. The molecule has 0 saturated carbocycles. The van der Waals surface area contributed by atoms with E-state index in [1.807, 2.05) is 63.2 Å². The first-order chi connectivity index (χ1) is 12.4. The molecule has 2 amide bonds. The van der Waals surface area contributed by atoms with Crippen molar-refractivity contribution in [3.8, 4) is 0 Å². The van der Waals surface area contributed by atoms with Gasteiger partial charge in [0, 0.05) is 12.2 Å². The third-order valence-electron chi connectivity index (χ3n) is 4.54. The van der Waals surface area contributed by atoms with Crippen LogP contribution in [-0.2, 0) is 9.59 Å². The van der Waals surface area contributed by atoms with Crippen LogP contribution in [0.15, 0.2) is 60.8 Å². The van der Waals surface area contributed by atoms with Gasteiger partial charge in [-0.15, -0.1) is 6.58 Å². The molecule has 0 aromatic heterocycles. The number of hydrogen-bond acceptors (Lipinski definition) is 3. The number of aryl methyl sites for hydroxylation is 3. The van der Waals surface area contributed by atoms with E-state index < -0.39 is 0 Å². The van der Waals surface area contributed by atoms with Crippen LogP contribution in [0.5, 0.6) is 0 Å². The zero-order valence-electron chi connectivity index (χ0n) is 15.3. The van der Waals surface area contributed by atoms with Crippen LogP contribution < -0.4 is 5.32 Å². The molecular formula is C22H22N2O2. The fourth-order valence-electron chi connectivity index (χ4n) is 3.18. The maximum Gasteiger partial charge on any atom is 0.278 e. The van der Waals surface area contributed by atoms with Crippen LogP contribution in [0.1, 0.15) is 22.3 Å². The van der Waals surface area contributed by atoms with Crippen molar-refractivity contribution in [2.75, 3.05) is 11.9 Å². The monoisotopic (exact) mass is 346 g/mol. The van der Waals surface area contributed by atoms with E-state index in [9.17, 15) is 9.59 Å². The lowest BCUT2D eigenvalue weighted by molar-refractivity contribution is -0.136. The molecule has 4 nitrogen and oxygen atoms in total. The number of anilines is 1. The lowest BCUT2D eigenvalue weighted by Crippen LogP contribution is -2.32. The normalized spacial score (nSPS) is 14.2. The van der Waals surface area contributed by atoms with Crippen molar-refractivity contribution >= 4 is 23.1 Å². The van der Waals surface area contributed by atoms with E-state index in [1.165, 1.54) is 4.90 Å². The average molecular weight is 346 g/mol. The molecule has 0 bridgehead atoms. The van der Waals surface area contributed by atoms with E-state index in [1.54, 1.807) is 6.08 Å². The number of amides is 2. The van der Waals surface area contributed by atoms with Crippen molar-refractivity contribution in [1.82, 2.24) is 4.90 Å². The van der Waals surface area contributed by atoms with Gasteiger partial charge in [0.05, 0.1) is 5.57 Å². The fraction of sp³-hybridized carbons (Fsp3) is 0.182. The van der Waals surface area contributed by atoms with Crippen molar-refractivity contribution in [2.45, 2.75) is 20.8 Å². The standard InChI is InChI=1S/C22H22N2O2/c1-5-12-24-21(25)19(17-11-10-14(2)13-16(17)4)20(22(24)26)23-18-9-7-6-8-15(18)3/h5-11,13,23H,1,12H2,2-4H3. The number of benzene rings is 2. The molecule has 0 atom stereocenters. The van der Waals surface area contributed by atoms with Crippen LogP contribution in [0.4, 0.5) is 5.69 Å². The Balaban J connectivity index is 2.16. The van der Waals surface area contributed by atoms with E-state index in [4.69, 9.17) is 0 Å². The second-order valence-corrected chi connectivity index (χ2v) is 6.52. The first-order valence-electron chi connectivity index (χ1n) is 8.55. The summed E-state index contributed by atoms with van der Waals surface area (Å²) in [7, 11) is 0. The minimum atomic E-state index is -0.326. The van der Waals surface area contributed by atoms with Gasteiger partial charge in [-0.2, -0.15) is 0 Å². The molecule has 4 heteroatoms. The van der Waals surface area contributed by atoms with Crippen molar-refractivity contribution in [3.63, 3.8) is 0 Å². The molecule has 1 N–H and O–H groups in total. The van der Waals surface area contributed by atoms with E-state index in [2.05, 4.69) is 11.9 Å². The molecule has 1 aliphatic heterocycles. The maximum absolute atomic E-state index is 13.0. The van der Waals surface area contributed by atoms with Crippen LogP contribution >= 0.6 is 0 Å². The van der Waals surface area contributed by atoms with E-state index in [0.29, 0.717) is 11.3 Å². The Hall–Kier alpha value is -3.14. The number of rotatable bonds is 5. The summed E-state index contributed by atoms with van der Waals surface area (Å²) in [5, 5.41) is 3.20. The van der Waals surface area contributed by atoms with Crippen molar-refractivity contribution in [3.05, 3.63) is 83.1 Å².